The van der Waals surface area contributed by atoms with Gasteiger partial charge in [-0.05, 0) is 54.0 Å². The molecule has 0 bridgehead atoms. The molecule has 4 fully saturated rings. The summed E-state index contributed by atoms with van der Waals surface area (Å²) < 4.78 is 0. The molecule has 4 heterocycles. The highest BCUT2D eigenvalue weighted by molar-refractivity contribution is 5.91. The molecule has 3 aliphatic heterocycles. The number of nitrogens with one attached hydrogen (secondary N) is 2. The average molecular weight is 484 g/mol. The van der Waals surface area contributed by atoms with Gasteiger partial charge >= 0.3 is 0 Å². The summed E-state index contributed by atoms with van der Waals surface area (Å²) >= 11 is 0. The highest BCUT2D eigenvalue weighted by atomic mass is 16.2. The summed E-state index contributed by atoms with van der Waals surface area (Å²) in [6.07, 6.45) is 10.3. The minimum atomic E-state index is -0.493. The Morgan fingerprint density at radius 1 is 1.08 bits per heavy atom. The Kier molecular flexibility index (Phi) is 5.26. The molecule has 186 valence electrons. The second-order valence-electron chi connectivity index (χ2n) is 11.3. The van der Waals surface area contributed by atoms with Crippen molar-refractivity contribution in [3.8, 4) is 0 Å². The summed E-state index contributed by atoms with van der Waals surface area (Å²) in [4.78, 5) is 34.7. The maximum absolute atomic E-state index is 13.6. The van der Waals surface area contributed by atoms with Crippen LogP contribution in [0, 0.1) is 11.8 Å². The molecule has 7 nitrogen and oxygen atoms in total. The zero-order valence-electron chi connectivity index (χ0n) is 20.5. The summed E-state index contributed by atoms with van der Waals surface area (Å²) in [6.45, 7) is 3.65. The zero-order valence-corrected chi connectivity index (χ0v) is 20.5. The Bertz CT molecular complexity index is 1310. The van der Waals surface area contributed by atoms with E-state index in [-0.39, 0.29) is 18.0 Å². The lowest BCUT2D eigenvalue weighted by atomic mass is 9.91. The molecule has 1 saturated carbocycles. The zero-order chi connectivity index (χ0) is 24.3. The van der Waals surface area contributed by atoms with E-state index in [4.69, 9.17) is 0 Å². The summed E-state index contributed by atoms with van der Waals surface area (Å²) in [6, 6.07) is 12.9. The summed E-state index contributed by atoms with van der Waals surface area (Å²) in [5.74, 6) is 1.43. The van der Waals surface area contributed by atoms with Gasteiger partial charge in [-0.25, -0.2) is 0 Å². The quantitative estimate of drug-likeness (QED) is 0.660. The topological polar surface area (TPSA) is 77.6 Å². The van der Waals surface area contributed by atoms with Crippen molar-refractivity contribution in [1.82, 2.24) is 25.4 Å². The van der Waals surface area contributed by atoms with Crippen molar-refractivity contribution in [2.45, 2.75) is 43.3 Å². The van der Waals surface area contributed by atoms with E-state index < -0.39 is 5.54 Å². The highest BCUT2D eigenvalue weighted by Gasteiger charge is 2.55. The lowest BCUT2D eigenvalue weighted by molar-refractivity contribution is -0.135. The summed E-state index contributed by atoms with van der Waals surface area (Å²) in [7, 11) is 0. The monoisotopic (exact) mass is 483 g/mol. The fourth-order valence-corrected chi connectivity index (χ4v) is 6.33. The number of carbonyl (C=O) groups is 2. The van der Waals surface area contributed by atoms with E-state index in [2.05, 4.69) is 58.1 Å². The lowest BCUT2D eigenvalue weighted by Crippen LogP contribution is -2.69. The second-order valence-corrected chi connectivity index (χ2v) is 11.3. The van der Waals surface area contributed by atoms with Crippen LogP contribution in [0.1, 0.15) is 48.9 Å². The number of aromatic nitrogens is 1. The minimum Gasteiger partial charge on any atom is -0.342 e. The van der Waals surface area contributed by atoms with Crippen LogP contribution in [0.2, 0.25) is 0 Å². The average Bonchev–Trinajstić information content (AvgIpc) is 3.57. The molecular formula is C29H33N5O2. The Morgan fingerprint density at radius 2 is 1.89 bits per heavy atom. The molecule has 1 aromatic carbocycles. The molecule has 2 aliphatic carbocycles. The molecule has 2 aromatic rings. The van der Waals surface area contributed by atoms with Crippen molar-refractivity contribution in [3.63, 3.8) is 0 Å². The molecule has 36 heavy (non-hydrogen) atoms. The Hall–Kier alpha value is -3.03. The number of amides is 2. The predicted molar refractivity (Wildman–Crippen MR) is 137 cm³/mol. The van der Waals surface area contributed by atoms with Crippen LogP contribution in [0.15, 0.2) is 42.6 Å². The fraction of sp³-hybridized carbons (Fsp3) is 0.483. The molecule has 0 radical (unpaired) electrons. The standard InChI is InChI=1S/C29H33N5O2/c35-27(23-8-9-23)33-13-11-19(15-33)16-34-26(32-29(28(34)36)17-30-18-29)22-6-3-20(4-7-22)24-10-5-21-2-1-12-31-25(21)14-24/h1-7,12,14,19,23-24,26,30,32H,8-11,13,15-18H2/t19-,24?,26?/m1/s1. The van der Waals surface area contributed by atoms with Gasteiger partial charge in [0.15, 0.2) is 0 Å². The van der Waals surface area contributed by atoms with Crippen LogP contribution in [-0.4, -0.2) is 64.9 Å². The SMILES string of the molecule is O=C(C1CC1)N1CC[C@@H](CN2C(=O)C3(CNC3)NC2c2ccc(C3C=c4ncccc4=CC3)cc2)C1. The molecule has 5 aliphatic rings. The van der Waals surface area contributed by atoms with E-state index in [1.807, 2.05) is 22.1 Å². The smallest absolute Gasteiger partial charge is 0.247 e. The number of likely N-dealkylation sites (tertiary alicyclic amines) is 1. The van der Waals surface area contributed by atoms with E-state index in [0.29, 0.717) is 37.4 Å². The first kappa shape index (κ1) is 22.2. The number of fused-ring (bicyclic) bond motifs is 1. The Morgan fingerprint density at radius 3 is 2.64 bits per heavy atom. The Labute approximate surface area is 211 Å². The molecule has 2 amide bonds. The normalized spacial score (nSPS) is 28.4. The molecule has 2 unspecified atom stereocenters. The first-order valence-electron chi connectivity index (χ1n) is 13.4. The number of hydrogen-bond donors (Lipinski definition) is 2. The largest absolute Gasteiger partial charge is 0.342 e. The third kappa shape index (κ3) is 3.76. The van der Waals surface area contributed by atoms with E-state index >= 15 is 0 Å². The van der Waals surface area contributed by atoms with Crippen molar-refractivity contribution in [3.05, 3.63) is 64.3 Å². The highest BCUT2D eigenvalue weighted by Crippen LogP contribution is 2.37. The van der Waals surface area contributed by atoms with Crippen LogP contribution in [-0.2, 0) is 9.59 Å². The van der Waals surface area contributed by atoms with Crippen LogP contribution in [0.4, 0.5) is 0 Å². The summed E-state index contributed by atoms with van der Waals surface area (Å²) in [5.41, 5.74) is 1.90. The number of carbonyl (C=O) groups excluding carboxylic acids is 2. The van der Waals surface area contributed by atoms with E-state index in [0.717, 1.165) is 49.7 Å². The lowest BCUT2D eigenvalue weighted by Gasteiger charge is -2.37. The van der Waals surface area contributed by atoms with Crippen molar-refractivity contribution in [2.24, 2.45) is 11.8 Å². The molecule has 7 heteroatoms. The summed E-state index contributed by atoms with van der Waals surface area (Å²) in [5, 5.41) is 9.22. The van der Waals surface area contributed by atoms with E-state index in [1.165, 1.54) is 10.8 Å². The maximum atomic E-state index is 13.6. The van der Waals surface area contributed by atoms with Crippen molar-refractivity contribution >= 4 is 24.0 Å². The molecular weight excluding hydrogens is 450 g/mol. The first-order chi connectivity index (χ1) is 17.6. The van der Waals surface area contributed by atoms with Gasteiger partial charge in [-0.3, -0.25) is 19.9 Å². The van der Waals surface area contributed by atoms with Crippen LogP contribution in [0.5, 0.6) is 0 Å². The van der Waals surface area contributed by atoms with Crippen LogP contribution < -0.4 is 21.2 Å². The number of rotatable bonds is 5. The molecule has 3 atom stereocenters. The Balaban J connectivity index is 1.10. The number of hydrogen-bond acceptors (Lipinski definition) is 5. The van der Waals surface area contributed by atoms with Crippen LogP contribution in [0.25, 0.3) is 12.2 Å². The van der Waals surface area contributed by atoms with Crippen LogP contribution >= 0.6 is 0 Å². The second kappa shape index (κ2) is 8.53. The van der Waals surface area contributed by atoms with Crippen molar-refractivity contribution in [1.29, 1.82) is 0 Å². The molecule has 2 N–H and O–H groups in total. The van der Waals surface area contributed by atoms with Gasteiger partial charge in [-0.15, -0.1) is 0 Å². The van der Waals surface area contributed by atoms with Gasteiger partial charge in [0.2, 0.25) is 11.8 Å². The van der Waals surface area contributed by atoms with Crippen molar-refractivity contribution in [2.75, 3.05) is 32.7 Å². The van der Waals surface area contributed by atoms with Gasteiger partial charge in [0, 0.05) is 50.8 Å². The number of nitrogens with zero attached hydrogens (tertiary/aromatic N) is 3. The molecule has 7 rings (SSSR count). The fourth-order valence-electron chi connectivity index (χ4n) is 6.33. The van der Waals surface area contributed by atoms with Gasteiger partial charge in [0.05, 0.1) is 5.35 Å². The number of pyridine rings is 1. The van der Waals surface area contributed by atoms with Crippen molar-refractivity contribution < 1.29 is 9.59 Å². The first-order valence-corrected chi connectivity index (χ1v) is 13.4. The molecule has 1 aromatic heterocycles. The van der Waals surface area contributed by atoms with Gasteiger partial charge < -0.3 is 15.1 Å². The van der Waals surface area contributed by atoms with Gasteiger partial charge in [0.25, 0.3) is 0 Å². The molecule has 1 spiro atoms. The van der Waals surface area contributed by atoms with Gasteiger partial charge in [-0.2, -0.15) is 0 Å². The van der Waals surface area contributed by atoms with E-state index in [1.54, 1.807) is 0 Å². The minimum absolute atomic E-state index is 0.133. The predicted octanol–water partition coefficient (Wildman–Crippen LogP) is 0.861. The van der Waals surface area contributed by atoms with Crippen LogP contribution in [0.3, 0.4) is 0 Å². The third-order valence-corrected chi connectivity index (χ3v) is 8.73. The number of benzene rings is 1. The third-order valence-electron chi connectivity index (χ3n) is 8.73. The van der Waals surface area contributed by atoms with E-state index in [9.17, 15) is 9.59 Å². The molecule has 3 saturated heterocycles. The van der Waals surface area contributed by atoms with Gasteiger partial charge in [0.1, 0.15) is 11.7 Å². The van der Waals surface area contributed by atoms with Gasteiger partial charge in [-0.1, -0.05) is 42.5 Å². The maximum Gasteiger partial charge on any atom is 0.247 e.